The number of halogens is 1. The van der Waals surface area contributed by atoms with Crippen LogP contribution in [-0.2, 0) is 13.0 Å². The van der Waals surface area contributed by atoms with Crippen molar-refractivity contribution in [2.45, 2.75) is 26.8 Å². The number of nitrogens with one attached hydrogen (secondary N) is 2. The van der Waals surface area contributed by atoms with Crippen LogP contribution in [0.5, 0.6) is 17.2 Å². The lowest BCUT2D eigenvalue weighted by Gasteiger charge is -2.16. The van der Waals surface area contributed by atoms with E-state index in [9.17, 15) is 0 Å². The molecule has 2 N–H and O–H groups in total. The van der Waals surface area contributed by atoms with Gasteiger partial charge in [-0.2, -0.15) is 0 Å². The Hall–Kier alpha value is -1.75. The third-order valence-corrected chi connectivity index (χ3v) is 4.76. The monoisotopic (exact) mass is 520 g/mol. The van der Waals surface area contributed by atoms with Crippen molar-refractivity contribution in [2.24, 2.45) is 4.99 Å². The molecule has 0 unspecified atom stereocenters. The van der Waals surface area contributed by atoms with Gasteiger partial charge in [-0.15, -0.1) is 35.3 Å². The maximum atomic E-state index is 5.54. The number of hydrogen-bond acceptors (Lipinski definition) is 6. The zero-order valence-corrected chi connectivity index (χ0v) is 20.1. The number of aliphatic imine (C=N–C) groups is 1. The van der Waals surface area contributed by atoms with E-state index >= 15 is 0 Å². The Morgan fingerprint density at radius 3 is 2.43 bits per heavy atom. The van der Waals surface area contributed by atoms with Gasteiger partial charge in [-0.05, 0) is 26.3 Å². The molecule has 0 aliphatic heterocycles. The topological polar surface area (TPSA) is 77.0 Å². The summed E-state index contributed by atoms with van der Waals surface area (Å²) < 4.78 is 16.3. The van der Waals surface area contributed by atoms with Gasteiger partial charge in [-0.1, -0.05) is 6.07 Å². The molecule has 0 aliphatic rings. The van der Waals surface area contributed by atoms with Gasteiger partial charge < -0.3 is 24.8 Å². The van der Waals surface area contributed by atoms with Crippen LogP contribution in [0.4, 0.5) is 0 Å². The minimum Gasteiger partial charge on any atom is -0.493 e. The van der Waals surface area contributed by atoms with Gasteiger partial charge >= 0.3 is 0 Å². The third kappa shape index (κ3) is 6.69. The SMILES string of the molecule is CCNC(=NCc1ncc(C)s1)NCCc1ccc(OC)c(OC)c1OC.I. The van der Waals surface area contributed by atoms with E-state index in [4.69, 9.17) is 14.2 Å². The summed E-state index contributed by atoms with van der Waals surface area (Å²) in [7, 11) is 4.86. The normalized spacial score (nSPS) is 10.8. The van der Waals surface area contributed by atoms with Crippen LogP contribution < -0.4 is 24.8 Å². The molecular formula is C19H29IN4O3S. The van der Waals surface area contributed by atoms with Crippen molar-refractivity contribution < 1.29 is 14.2 Å². The lowest BCUT2D eigenvalue weighted by molar-refractivity contribution is 0.322. The van der Waals surface area contributed by atoms with E-state index in [0.29, 0.717) is 30.3 Å². The highest BCUT2D eigenvalue weighted by Gasteiger charge is 2.15. The number of guanidine groups is 1. The summed E-state index contributed by atoms with van der Waals surface area (Å²) in [4.78, 5) is 10.1. The lowest BCUT2D eigenvalue weighted by atomic mass is 10.1. The van der Waals surface area contributed by atoms with Gasteiger partial charge in [0.2, 0.25) is 5.75 Å². The predicted molar refractivity (Wildman–Crippen MR) is 125 cm³/mol. The third-order valence-electron chi connectivity index (χ3n) is 3.86. The number of hydrogen-bond donors (Lipinski definition) is 2. The molecule has 1 aromatic heterocycles. The average Bonchev–Trinajstić information content (AvgIpc) is 3.10. The minimum atomic E-state index is 0. The first kappa shape index (κ1) is 24.3. The molecule has 2 aromatic rings. The molecule has 0 amide bonds. The van der Waals surface area contributed by atoms with Crippen LogP contribution in [0.3, 0.4) is 0 Å². The molecule has 1 aromatic carbocycles. The number of rotatable bonds is 9. The average molecular weight is 520 g/mol. The molecule has 0 saturated heterocycles. The fraction of sp³-hybridized carbons (Fsp3) is 0.474. The molecule has 0 saturated carbocycles. The Morgan fingerprint density at radius 2 is 1.86 bits per heavy atom. The van der Waals surface area contributed by atoms with E-state index in [1.807, 2.05) is 32.2 Å². The number of thiazole rings is 1. The minimum absolute atomic E-state index is 0. The first-order chi connectivity index (χ1) is 13.1. The summed E-state index contributed by atoms with van der Waals surface area (Å²) in [5.74, 6) is 2.72. The first-order valence-corrected chi connectivity index (χ1v) is 9.65. The van der Waals surface area contributed by atoms with Gasteiger partial charge in [-0.25, -0.2) is 9.98 Å². The van der Waals surface area contributed by atoms with Gasteiger partial charge in [0, 0.05) is 29.7 Å². The zero-order valence-electron chi connectivity index (χ0n) is 17.0. The summed E-state index contributed by atoms with van der Waals surface area (Å²) in [5.41, 5.74) is 1.04. The molecule has 7 nitrogen and oxygen atoms in total. The Morgan fingerprint density at radius 1 is 1.11 bits per heavy atom. The second-order valence-corrected chi connectivity index (χ2v) is 7.05. The predicted octanol–water partition coefficient (Wildman–Crippen LogP) is 3.39. The van der Waals surface area contributed by atoms with E-state index in [2.05, 4.69) is 20.6 Å². The highest BCUT2D eigenvalue weighted by atomic mass is 127. The fourth-order valence-corrected chi connectivity index (χ4v) is 3.35. The Kier molecular flexibility index (Phi) is 11.0. The molecule has 0 atom stereocenters. The second-order valence-electron chi connectivity index (χ2n) is 5.73. The Labute approximate surface area is 187 Å². The number of ether oxygens (including phenoxy) is 3. The van der Waals surface area contributed by atoms with Crippen molar-refractivity contribution in [3.63, 3.8) is 0 Å². The van der Waals surface area contributed by atoms with Crippen LogP contribution in [0.1, 0.15) is 22.4 Å². The summed E-state index contributed by atoms with van der Waals surface area (Å²) in [6.45, 7) is 6.15. The number of benzene rings is 1. The van der Waals surface area contributed by atoms with Crippen LogP contribution in [0, 0.1) is 6.92 Å². The molecule has 0 bridgehead atoms. The molecule has 28 heavy (non-hydrogen) atoms. The fourth-order valence-electron chi connectivity index (χ4n) is 2.64. The summed E-state index contributed by atoms with van der Waals surface area (Å²) in [6.07, 6.45) is 2.63. The van der Waals surface area contributed by atoms with Crippen molar-refractivity contribution >= 4 is 41.3 Å². The standard InChI is InChI=1S/C19H28N4O3S.HI/c1-6-20-19(23-12-16-22-11-13(2)27-16)21-10-9-14-7-8-15(24-3)18(26-5)17(14)25-4;/h7-8,11H,6,9-10,12H2,1-5H3,(H2,20,21,23);1H. The van der Waals surface area contributed by atoms with Gasteiger partial charge in [-0.3, -0.25) is 0 Å². The molecular weight excluding hydrogens is 491 g/mol. The van der Waals surface area contributed by atoms with Crippen molar-refractivity contribution in [1.82, 2.24) is 15.6 Å². The van der Waals surface area contributed by atoms with E-state index in [1.165, 1.54) is 4.88 Å². The summed E-state index contributed by atoms with van der Waals surface area (Å²) in [6, 6.07) is 3.88. The Bertz CT molecular complexity index is 768. The van der Waals surface area contributed by atoms with E-state index < -0.39 is 0 Å². The highest BCUT2D eigenvalue weighted by Crippen LogP contribution is 2.39. The number of nitrogens with zero attached hydrogens (tertiary/aromatic N) is 2. The molecule has 1 heterocycles. The molecule has 156 valence electrons. The molecule has 9 heteroatoms. The van der Waals surface area contributed by atoms with Gasteiger partial charge in [0.15, 0.2) is 17.5 Å². The molecule has 0 spiro atoms. The molecule has 0 fully saturated rings. The summed E-state index contributed by atoms with van der Waals surface area (Å²) in [5, 5.41) is 7.61. The maximum absolute atomic E-state index is 5.54. The highest BCUT2D eigenvalue weighted by molar-refractivity contribution is 14.0. The quantitative estimate of drug-likeness (QED) is 0.300. The molecule has 0 aliphatic carbocycles. The Balaban J connectivity index is 0.00000392. The van der Waals surface area contributed by atoms with Crippen LogP contribution >= 0.6 is 35.3 Å². The molecule has 2 rings (SSSR count). The van der Waals surface area contributed by atoms with Crippen LogP contribution in [0.15, 0.2) is 23.3 Å². The van der Waals surface area contributed by atoms with Crippen molar-refractivity contribution in [1.29, 1.82) is 0 Å². The van der Waals surface area contributed by atoms with Crippen LogP contribution in [-0.4, -0.2) is 45.4 Å². The van der Waals surface area contributed by atoms with Crippen LogP contribution in [0.25, 0.3) is 0 Å². The largest absolute Gasteiger partial charge is 0.493 e. The number of aryl methyl sites for hydroxylation is 1. The smallest absolute Gasteiger partial charge is 0.203 e. The van der Waals surface area contributed by atoms with Crippen molar-refractivity contribution in [3.8, 4) is 17.2 Å². The maximum Gasteiger partial charge on any atom is 0.203 e. The van der Waals surface area contributed by atoms with E-state index in [0.717, 1.165) is 29.5 Å². The van der Waals surface area contributed by atoms with Gasteiger partial charge in [0.25, 0.3) is 0 Å². The second kappa shape index (κ2) is 12.7. The lowest BCUT2D eigenvalue weighted by Crippen LogP contribution is -2.38. The van der Waals surface area contributed by atoms with E-state index in [-0.39, 0.29) is 24.0 Å². The van der Waals surface area contributed by atoms with Gasteiger partial charge in [0.1, 0.15) is 5.01 Å². The van der Waals surface area contributed by atoms with Gasteiger partial charge in [0.05, 0.1) is 27.9 Å². The first-order valence-electron chi connectivity index (χ1n) is 8.84. The van der Waals surface area contributed by atoms with Crippen LogP contribution in [0.2, 0.25) is 0 Å². The number of methoxy groups -OCH3 is 3. The number of aromatic nitrogens is 1. The van der Waals surface area contributed by atoms with Crippen molar-refractivity contribution in [3.05, 3.63) is 33.8 Å². The van der Waals surface area contributed by atoms with Crippen molar-refractivity contribution in [2.75, 3.05) is 34.4 Å². The zero-order chi connectivity index (χ0) is 19.6. The van der Waals surface area contributed by atoms with E-state index in [1.54, 1.807) is 32.7 Å². The molecule has 0 radical (unpaired) electrons. The summed E-state index contributed by atoms with van der Waals surface area (Å²) >= 11 is 1.66.